The number of nitrogens with one attached hydrogen (secondary N) is 1. The van der Waals surface area contributed by atoms with Crippen LogP contribution in [-0.2, 0) is 21.4 Å². The van der Waals surface area contributed by atoms with Gasteiger partial charge in [0.2, 0.25) is 15.9 Å². The summed E-state index contributed by atoms with van der Waals surface area (Å²) in [5, 5.41) is 3.29. The second-order valence-corrected chi connectivity index (χ2v) is 11.0. The van der Waals surface area contributed by atoms with E-state index in [4.69, 9.17) is 21.1 Å². The molecule has 1 amide bonds. The molecule has 3 aromatic rings. The fourth-order valence-electron chi connectivity index (χ4n) is 3.45. The van der Waals surface area contributed by atoms with Crippen molar-refractivity contribution in [1.82, 2.24) is 9.62 Å². The number of benzene rings is 3. The molecule has 35 heavy (non-hydrogen) atoms. The summed E-state index contributed by atoms with van der Waals surface area (Å²) >= 11 is 9.60. The maximum absolute atomic E-state index is 13.5. The molecule has 0 saturated carbocycles. The predicted molar refractivity (Wildman–Crippen MR) is 139 cm³/mol. The lowest BCUT2D eigenvalue weighted by Crippen LogP contribution is -2.41. The van der Waals surface area contributed by atoms with E-state index in [1.807, 2.05) is 6.07 Å². The molecule has 0 aliphatic rings. The van der Waals surface area contributed by atoms with Gasteiger partial charge >= 0.3 is 0 Å². The molecule has 0 unspecified atom stereocenters. The molecule has 1 atom stereocenters. The molecule has 1 N–H and O–H groups in total. The minimum Gasteiger partial charge on any atom is -0.493 e. The molecule has 0 saturated heterocycles. The van der Waals surface area contributed by atoms with Gasteiger partial charge in [-0.25, -0.2) is 8.42 Å². The van der Waals surface area contributed by atoms with Gasteiger partial charge in [-0.15, -0.1) is 0 Å². The largest absolute Gasteiger partial charge is 0.493 e. The average molecular weight is 582 g/mol. The Morgan fingerprint density at radius 3 is 2.31 bits per heavy atom. The third-order valence-corrected chi connectivity index (χ3v) is 8.06. The van der Waals surface area contributed by atoms with Crippen LogP contribution in [0.25, 0.3) is 0 Å². The lowest BCUT2D eigenvalue weighted by molar-refractivity contribution is -0.122. The smallest absolute Gasteiger partial charge is 0.243 e. The van der Waals surface area contributed by atoms with Gasteiger partial charge in [-0.1, -0.05) is 51.8 Å². The molecule has 0 radical (unpaired) electrons. The monoisotopic (exact) mass is 580 g/mol. The van der Waals surface area contributed by atoms with E-state index < -0.39 is 22.0 Å². The topological polar surface area (TPSA) is 84.9 Å². The van der Waals surface area contributed by atoms with Crippen LogP contribution in [0.15, 0.2) is 76.1 Å². The molecular weight excluding hydrogens is 556 g/mol. The van der Waals surface area contributed by atoms with Crippen molar-refractivity contribution in [3.8, 4) is 11.5 Å². The van der Waals surface area contributed by atoms with Crippen molar-refractivity contribution < 1.29 is 22.7 Å². The van der Waals surface area contributed by atoms with Crippen molar-refractivity contribution in [3.05, 3.63) is 87.4 Å². The van der Waals surface area contributed by atoms with Crippen LogP contribution >= 0.6 is 27.5 Å². The summed E-state index contributed by atoms with van der Waals surface area (Å²) in [5.74, 6) is 0.644. The minimum atomic E-state index is -3.99. The highest BCUT2D eigenvalue weighted by Gasteiger charge is 2.28. The maximum atomic E-state index is 13.5. The molecule has 0 spiro atoms. The number of sulfonamides is 1. The zero-order chi connectivity index (χ0) is 25.6. The molecule has 10 heteroatoms. The molecule has 186 valence electrons. The van der Waals surface area contributed by atoms with Crippen LogP contribution in [0.2, 0.25) is 5.02 Å². The van der Waals surface area contributed by atoms with Crippen LogP contribution in [-0.4, -0.2) is 39.4 Å². The first-order chi connectivity index (χ1) is 16.6. The van der Waals surface area contributed by atoms with Crippen molar-refractivity contribution in [2.45, 2.75) is 24.4 Å². The number of ether oxygens (including phenoxy) is 2. The number of hydrogen-bond acceptors (Lipinski definition) is 5. The van der Waals surface area contributed by atoms with Crippen LogP contribution < -0.4 is 14.8 Å². The number of hydrogen-bond donors (Lipinski definition) is 1. The average Bonchev–Trinajstić information content (AvgIpc) is 2.84. The van der Waals surface area contributed by atoms with E-state index in [2.05, 4.69) is 21.2 Å². The summed E-state index contributed by atoms with van der Waals surface area (Å²) in [6, 6.07) is 18.1. The van der Waals surface area contributed by atoms with E-state index in [9.17, 15) is 13.2 Å². The fourth-order valence-corrected chi connectivity index (χ4v) is 5.29. The zero-order valence-corrected chi connectivity index (χ0v) is 22.7. The molecule has 0 aliphatic carbocycles. The number of carbonyl (C=O) groups excluding carboxylic acids is 1. The molecule has 3 aromatic carbocycles. The normalized spacial score (nSPS) is 12.3. The first-order valence-electron chi connectivity index (χ1n) is 10.7. The number of rotatable bonds is 10. The Labute approximate surface area is 219 Å². The Morgan fingerprint density at radius 2 is 1.69 bits per heavy atom. The van der Waals surface area contributed by atoms with Crippen LogP contribution in [0.3, 0.4) is 0 Å². The van der Waals surface area contributed by atoms with Crippen molar-refractivity contribution >= 4 is 43.5 Å². The Morgan fingerprint density at radius 1 is 1.03 bits per heavy atom. The number of carbonyl (C=O) groups is 1. The molecule has 0 bridgehead atoms. The molecule has 0 heterocycles. The SMILES string of the molecule is COc1ccc([C@@H](C)NC(=O)CN(Cc2ccccc2Cl)S(=O)(=O)c2ccc(Br)cc2)cc1OC. The Balaban J connectivity index is 1.84. The standard InChI is InChI=1S/C25H26BrClN2O5S/c1-17(18-8-13-23(33-2)24(14-18)34-3)28-25(30)16-29(15-19-6-4-5-7-22(19)27)35(31,32)21-11-9-20(26)10-12-21/h4-14,17H,15-16H2,1-3H3,(H,28,30)/t17-/m1/s1. The van der Waals surface area contributed by atoms with E-state index in [1.165, 1.54) is 19.2 Å². The van der Waals surface area contributed by atoms with Gasteiger partial charge in [-0.05, 0) is 60.5 Å². The summed E-state index contributed by atoms with van der Waals surface area (Å²) in [6.45, 7) is 1.36. The summed E-state index contributed by atoms with van der Waals surface area (Å²) < 4.78 is 39.4. The van der Waals surface area contributed by atoms with Gasteiger partial charge in [0, 0.05) is 16.0 Å². The lowest BCUT2D eigenvalue weighted by atomic mass is 10.1. The van der Waals surface area contributed by atoms with Gasteiger partial charge in [-0.3, -0.25) is 4.79 Å². The summed E-state index contributed by atoms with van der Waals surface area (Å²) in [6.07, 6.45) is 0. The first kappa shape index (κ1) is 27.0. The van der Waals surface area contributed by atoms with Gasteiger partial charge in [-0.2, -0.15) is 4.31 Å². The summed E-state index contributed by atoms with van der Waals surface area (Å²) in [5.41, 5.74) is 1.38. The number of halogens is 2. The van der Waals surface area contributed by atoms with Gasteiger partial charge in [0.15, 0.2) is 11.5 Å². The number of nitrogens with zero attached hydrogens (tertiary/aromatic N) is 1. The van der Waals surface area contributed by atoms with E-state index in [0.717, 1.165) is 14.3 Å². The second kappa shape index (κ2) is 11.9. The highest BCUT2D eigenvalue weighted by molar-refractivity contribution is 9.10. The van der Waals surface area contributed by atoms with Gasteiger partial charge in [0.1, 0.15) is 0 Å². The second-order valence-electron chi connectivity index (χ2n) is 7.72. The van der Waals surface area contributed by atoms with Crippen LogP contribution in [0, 0.1) is 0 Å². The predicted octanol–water partition coefficient (Wildman–Crippen LogP) is 5.19. The first-order valence-corrected chi connectivity index (χ1v) is 13.3. The Bertz CT molecular complexity index is 1290. The Hall–Kier alpha value is -2.59. The highest BCUT2D eigenvalue weighted by Crippen LogP contribution is 2.30. The third kappa shape index (κ3) is 6.76. The molecule has 7 nitrogen and oxygen atoms in total. The van der Waals surface area contributed by atoms with Gasteiger partial charge < -0.3 is 14.8 Å². The van der Waals surface area contributed by atoms with E-state index in [0.29, 0.717) is 22.1 Å². The highest BCUT2D eigenvalue weighted by atomic mass is 79.9. The number of methoxy groups -OCH3 is 2. The van der Waals surface area contributed by atoms with Gasteiger partial charge in [0.05, 0.1) is 31.7 Å². The minimum absolute atomic E-state index is 0.0593. The summed E-state index contributed by atoms with van der Waals surface area (Å²) in [4.78, 5) is 13.1. The van der Waals surface area contributed by atoms with Crippen molar-refractivity contribution in [2.24, 2.45) is 0 Å². The quantitative estimate of drug-likeness (QED) is 0.356. The molecule has 0 fully saturated rings. The van der Waals surface area contributed by atoms with Crippen molar-refractivity contribution in [3.63, 3.8) is 0 Å². The van der Waals surface area contributed by atoms with Crippen LogP contribution in [0.5, 0.6) is 11.5 Å². The third-order valence-electron chi connectivity index (χ3n) is 5.36. The zero-order valence-electron chi connectivity index (χ0n) is 19.5. The molecule has 3 rings (SSSR count). The number of amides is 1. The van der Waals surface area contributed by atoms with Gasteiger partial charge in [0.25, 0.3) is 0 Å². The van der Waals surface area contributed by atoms with E-state index >= 15 is 0 Å². The van der Waals surface area contributed by atoms with Crippen molar-refractivity contribution in [2.75, 3.05) is 20.8 Å². The molecular formula is C25H26BrClN2O5S. The van der Waals surface area contributed by atoms with E-state index in [1.54, 1.807) is 62.6 Å². The molecule has 0 aromatic heterocycles. The summed E-state index contributed by atoms with van der Waals surface area (Å²) in [7, 11) is -0.915. The van der Waals surface area contributed by atoms with Crippen LogP contribution in [0.4, 0.5) is 0 Å². The van der Waals surface area contributed by atoms with E-state index in [-0.39, 0.29) is 18.0 Å². The van der Waals surface area contributed by atoms with Crippen molar-refractivity contribution in [1.29, 1.82) is 0 Å². The van der Waals surface area contributed by atoms with Crippen LogP contribution in [0.1, 0.15) is 24.1 Å². The molecule has 0 aliphatic heterocycles. The maximum Gasteiger partial charge on any atom is 0.243 e. The Kier molecular flexibility index (Phi) is 9.18. The fraction of sp³-hybridized carbons (Fsp3) is 0.240. The lowest BCUT2D eigenvalue weighted by Gasteiger charge is -2.24.